The maximum absolute atomic E-state index is 12.5. The molecule has 172 valence electrons. The van der Waals surface area contributed by atoms with Gasteiger partial charge in [-0.15, -0.1) is 0 Å². The number of ether oxygens (including phenoxy) is 2. The Morgan fingerprint density at radius 3 is 2.56 bits per heavy atom. The Morgan fingerprint density at radius 2 is 1.79 bits per heavy atom. The van der Waals surface area contributed by atoms with Crippen molar-refractivity contribution in [2.24, 2.45) is 0 Å². The van der Waals surface area contributed by atoms with E-state index in [0.29, 0.717) is 24.4 Å². The van der Waals surface area contributed by atoms with Crippen molar-refractivity contribution in [1.82, 2.24) is 10.3 Å². The zero-order valence-corrected chi connectivity index (χ0v) is 19.0. The summed E-state index contributed by atoms with van der Waals surface area (Å²) in [6.07, 6.45) is 3.57. The van der Waals surface area contributed by atoms with Crippen LogP contribution in [-0.2, 0) is 11.3 Å². The van der Waals surface area contributed by atoms with Gasteiger partial charge in [-0.1, -0.05) is 24.3 Å². The molecule has 1 heterocycles. The van der Waals surface area contributed by atoms with Crippen molar-refractivity contribution in [3.63, 3.8) is 0 Å². The summed E-state index contributed by atoms with van der Waals surface area (Å²) in [5, 5.41) is 7.66. The third-order valence-electron chi connectivity index (χ3n) is 5.38. The first-order valence-electron chi connectivity index (χ1n) is 10.9. The van der Waals surface area contributed by atoms with Gasteiger partial charge < -0.3 is 20.1 Å². The number of aromatic nitrogens is 1. The lowest BCUT2D eigenvalue weighted by Gasteiger charge is -2.13. The summed E-state index contributed by atoms with van der Waals surface area (Å²) >= 11 is 0. The molecule has 3 aromatic carbocycles. The number of benzene rings is 3. The number of esters is 1. The quantitative estimate of drug-likeness (QED) is 0.364. The molecule has 0 aliphatic carbocycles. The lowest BCUT2D eigenvalue weighted by molar-refractivity contribution is 0.0526. The van der Waals surface area contributed by atoms with Crippen LogP contribution < -0.4 is 15.4 Å². The minimum absolute atomic E-state index is 0.311. The van der Waals surface area contributed by atoms with Crippen LogP contribution in [-0.4, -0.2) is 30.7 Å². The Kier molecular flexibility index (Phi) is 7.03. The molecule has 4 aromatic rings. The molecule has 2 amide bonds. The first-order chi connectivity index (χ1) is 16.6. The largest absolute Gasteiger partial charge is 0.497 e. The van der Waals surface area contributed by atoms with Crippen LogP contribution >= 0.6 is 0 Å². The molecule has 0 saturated heterocycles. The van der Waals surface area contributed by atoms with E-state index in [9.17, 15) is 9.59 Å². The van der Waals surface area contributed by atoms with Crippen molar-refractivity contribution in [2.45, 2.75) is 13.5 Å². The molecule has 0 radical (unpaired) electrons. The molecule has 7 nitrogen and oxygen atoms in total. The number of nitrogens with zero attached hydrogens (tertiary/aromatic N) is 1. The number of carbonyl (C=O) groups is 2. The molecule has 0 fully saturated rings. The van der Waals surface area contributed by atoms with Crippen LogP contribution in [0.4, 0.5) is 10.5 Å². The maximum atomic E-state index is 12.5. The number of methoxy groups -OCH3 is 1. The Morgan fingerprint density at radius 1 is 0.971 bits per heavy atom. The van der Waals surface area contributed by atoms with E-state index in [1.54, 1.807) is 44.5 Å². The van der Waals surface area contributed by atoms with Gasteiger partial charge >= 0.3 is 12.0 Å². The summed E-state index contributed by atoms with van der Waals surface area (Å²) < 4.78 is 10.3. The molecule has 0 aliphatic heterocycles. The lowest BCUT2D eigenvalue weighted by atomic mass is 9.96. The van der Waals surface area contributed by atoms with Gasteiger partial charge in [-0.05, 0) is 71.5 Å². The number of urea groups is 1. The van der Waals surface area contributed by atoms with Gasteiger partial charge in [0.15, 0.2) is 0 Å². The van der Waals surface area contributed by atoms with Crippen molar-refractivity contribution in [3.8, 4) is 16.9 Å². The van der Waals surface area contributed by atoms with Gasteiger partial charge in [-0.2, -0.15) is 0 Å². The molecule has 1 aromatic heterocycles. The van der Waals surface area contributed by atoms with Crippen molar-refractivity contribution in [2.75, 3.05) is 19.0 Å². The predicted octanol–water partition coefficient (Wildman–Crippen LogP) is 5.41. The van der Waals surface area contributed by atoms with E-state index in [1.165, 1.54) is 0 Å². The molecule has 0 spiro atoms. The minimum Gasteiger partial charge on any atom is -0.497 e. The first-order valence-corrected chi connectivity index (χ1v) is 10.9. The van der Waals surface area contributed by atoms with Crippen LogP contribution in [0.5, 0.6) is 5.75 Å². The molecular formula is C27H25N3O4. The van der Waals surface area contributed by atoms with E-state index >= 15 is 0 Å². The predicted molar refractivity (Wildman–Crippen MR) is 132 cm³/mol. The van der Waals surface area contributed by atoms with Crippen LogP contribution in [0.1, 0.15) is 22.8 Å². The fourth-order valence-corrected chi connectivity index (χ4v) is 3.70. The summed E-state index contributed by atoms with van der Waals surface area (Å²) in [7, 11) is 1.65. The molecular weight excluding hydrogens is 430 g/mol. The average Bonchev–Trinajstić information content (AvgIpc) is 2.88. The number of amides is 2. The van der Waals surface area contributed by atoms with Crippen LogP contribution in [0.25, 0.3) is 21.9 Å². The van der Waals surface area contributed by atoms with E-state index in [1.807, 2.05) is 48.7 Å². The van der Waals surface area contributed by atoms with Crippen LogP contribution in [0.2, 0.25) is 0 Å². The lowest BCUT2D eigenvalue weighted by Crippen LogP contribution is -2.28. The van der Waals surface area contributed by atoms with E-state index in [2.05, 4.69) is 15.6 Å². The van der Waals surface area contributed by atoms with Gasteiger partial charge in [-0.3, -0.25) is 4.98 Å². The summed E-state index contributed by atoms with van der Waals surface area (Å²) in [6.45, 7) is 2.39. The van der Waals surface area contributed by atoms with E-state index < -0.39 is 5.97 Å². The highest BCUT2D eigenvalue weighted by Crippen LogP contribution is 2.32. The highest BCUT2D eigenvalue weighted by atomic mass is 16.5. The van der Waals surface area contributed by atoms with E-state index in [0.717, 1.165) is 33.2 Å². The number of nitrogens with one attached hydrogen (secondary N) is 2. The number of anilines is 1. The van der Waals surface area contributed by atoms with E-state index in [4.69, 9.17) is 9.47 Å². The summed E-state index contributed by atoms with van der Waals surface area (Å²) in [6, 6.07) is 20.1. The minimum atomic E-state index is -0.392. The fourth-order valence-electron chi connectivity index (χ4n) is 3.70. The summed E-state index contributed by atoms with van der Waals surface area (Å²) in [4.78, 5) is 28.5. The monoisotopic (exact) mass is 455 g/mol. The molecule has 34 heavy (non-hydrogen) atoms. The SMILES string of the molecule is CCOC(=O)c1ccc(NC(=O)NCc2ccc(-c3cccc(OC)c3)c3ccncc23)cc1. The summed E-state index contributed by atoms with van der Waals surface area (Å²) in [5.41, 5.74) is 4.06. The second-order valence-corrected chi connectivity index (χ2v) is 7.53. The average molecular weight is 456 g/mol. The van der Waals surface area contributed by atoms with Crippen LogP contribution in [0, 0.1) is 0 Å². The van der Waals surface area contributed by atoms with Gasteiger partial charge in [0.2, 0.25) is 0 Å². The van der Waals surface area contributed by atoms with Crippen molar-refractivity contribution in [1.29, 1.82) is 0 Å². The van der Waals surface area contributed by atoms with Crippen molar-refractivity contribution in [3.05, 3.63) is 90.3 Å². The smallest absolute Gasteiger partial charge is 0.338 e. The van der Waals surface area contributed by atoms with Gasteiger partial charge in [-0.25, -0.2) is 9.59 Å². The normalized spacial score (nSPS) is 10.5. The number of pyridine rings is 1. The second-order valence-electron chi connectivity index (χ2n) is 7.53. The molecule has 2 N–H and O–H groups in total. The van der Waals surface area contributed by atoms with Gasteiger partial charge in [0.25, 0.3) is 0 Å². The number of rotatable bonds is 7. The van der Waals surface area contributed by atoms with Gasteiger partial charge in [0.1, 0.15) is 5.75 Å². The number of hydrogen-bond donors (Lipinski definition) is 2. The van der Waals surface area contributed by atoms with Crippen LogP contribution in [0.15, 0.2) is 79.1 Å². The standard InChI is InChI=1S/C27H25N3O4/c1-3-34-26(31)18-7-10-21(11-8-18)30-27(32)29-16-20-9-12-23(24-13-14-28-17-25(20)24)19-5-4-6-22(15-19)33-2/h4-15,17H,3,16H2,1-2H3,(H2,29,30,32). The number of hydrogen-bond acceptors (Lipinski definition) is 5. The highest BCUT2D eigenvalue weighted by Gasteiger charge is 2.11. The Hall–Kier alpha value is -4.39. The van der Waals surface area contributed by atoms with Crippen LogP contribution in [0.3, 0.4) is 0 Å². The molecule has 0 bridgehead atoms. The van der Waals surface area contributed by atoms with Crippen molar-refractivity contribution < 1.29 is 19.1 Å². The fraction of sp³-hybridized carbons (Fsp3) is 0.148. The van der Waals surface area contributed by atoms with Gasteiger partial charge in [0.05, 0.1) is 19.3 Å². The first kappa shape index (κ1) is 22.8. The molecule has 0 unspecified atom stereocenters. The molecule has 0 saturated carbocycles. The molecule has 0 atom stereocenters. The Balaban J connectivity index is 1.47. The van der Waals surface area contributed by atoms with Gasteiger partial charge in [0, 0.05) is 30.0 Å². The van der Waals surface area contributed by atoms with E-state index in [-0.39, 0.29) is 6.03 Å². The maximum Gasteiger partial charge on any atom is 0.338 e. The molecule has 0 aliphatic rings. The topological polar surface area (TPSA) is 89.5 Å². The van der Waals surface area contributed by atoms with Crippen molar-refractivity contribution >= 4 is 28.5 Å². The third-order valence-corrected chi connectivity index (χ3v) is 5.38. The zero-order valence-electron chi connectivity index (χ0n) is 19.0. The Labute approximate surface area is 197 Å². The third kappa shape index (κ3) is 5.15. The Bertz CT molecular complexity index is 1320. The second kappa shape index (κ2) is 10.5. The number of carbonyl (C=O) groups excluding carboxylic acids is 2. The number of fused-ring (bicyclic) bond motifs is 1. The highest BCUT2D eigenvalue weighted by molar-refractivity contribution is 5.98. The molecule has 7 heteroatoms. The zero-order chi connectivity index (χ0) is 23.9. The molecule has 4 rings (SSSR count). The summed E-state index contributed by atoms with van der Waals surface area (Å²) in [5.74, 6) is 0.397.